The Hall–Kier alpha value is -3.33. The van der Waals surface area contributed by atoms with E-state index in [1.54, 1.807) is 6.20 Å². The fraction of sp³-hybridized carbons (Fsp3) is 0.158. The fourth-order valence-electron chi connectivity index (χ4n) is 2.69. The number of amides is 3. The van der Waals surface area contributed by atoms with Crippen LogP contribution in [0, 0.1) is 6.92 Å². The molecule has 1 atom stereocenters. The predicted octanol–water partition coefficient (Wildman–Crippen LogP) is 2.99. The number of carbonyl (C=O) groups is 2. The summed E-state index contributed by atoms with van der Waals surface area (Å²) < 4.78 is 11.2. The zero-order chi connectivity index (χ0) is 19.5. The summed E-state index contributed by atoms with van der Waals surface area (Å²) in [6.45, 7) is 2.40. The second-order valence-corrected chi connectivity index (χ2v) is 7.13. The summed E-state index contributed by atoms with van der Waals surface area (Å²) in [6, 6.07) is 10.00. The number of hydrogen-bond donors (Lipinski definition) is 2. The number of urea groups is 1. The molecule has 0 radical (unpaired) electrons. The minimum atomic E-state index is -0.847. The molecular weight excluding hydrogens is 380 g/mol. The molecule has 1 aliphatic heterocycles. The number of rotatable bonds is 6. The van der Waals surface area contributed by atoms with Crippen LogP contribution >= 0.6 is 11.8 Å². The molecule has 0 spiro atoms. The Labute approximate surface area is 164 Å². The molecule has 1 unspecified atom stereocenters. The van der Waals surface area contributed by atoms with E-state index in [1.807, 2.05) is 43.3 Å². The average molecular weight is 396 g/mol. The topological polar surface area (TPSA) is 106 Å². The third-order valence-electron chi connectivity index (χ3n) is 4.01. The SMILES string of the molecule is Cc1cc(COc2ccc(Sc3ocnc3C3NC(=O)NC3=O)cc2)ccn1. The number of carbonyl (C=O) groups excluding carboxylic acids is 2. The van der Waals surface area contributed by atoms with Crippen LogP contribution in [0.1, 0.15) is 23.0 Å². The summed E-state index contributed by atoms with van der Waals surface area (Å²) >= 11 is 1.31. The van der Waals surface area contributed by atoms with Gasteiger partial charge in [0.15, 0.2) is 17.5 Å². The minimum absolute atomic E-state index is 0.377. The monoisotopic (exact) mass is 396 g/mol. The van der Waals surface area contributed by atoms with Crippen molar-refractivity contribution in [3.63, 3.8) is 0 Å². The third kappa shape index (κ3) is 3.99. The molecule has 142 valence electrons. The Balaban J connectivity index is 1.41. The molecule has 0 bridgehead atoms. The van der Waals surface area contributed by atoms with Gasteiger partial charge in [0.2, 0.25) is 0 Å². The van der Waals surface area contributed by atoms with Gasteiger partial charge in [0.1, 0.15) is 18.1 Å². The quantitative estimate of drug-likeness (QED) is 0.617. The van der Waals surface area contributed by atoms with Crippen LogP contribution in [0.4, 0.5) is 4.79 Å². The van der Waals surface area contributed by atoms with Crippen molar-refractivity contribution in [2.75, 3.05) is 0 Å². The maximum Gasteiger partial charge on any atom is 0.322 e. The lowest BCUT2D eigenvalue weighted by Gasteiger charge is -2.08. The summed E-state index contributed by atoms with van der Waals surface area (Å²) in [6.07, 6.45) is 3.01. The highest BCUT2D eigenvalue weighted by Gasteiger charge is 2.35. The van der Waals surface area contributed by atoms with Gasteiger partial charge < -0.3 is 14.5 Å². The van der Waals surface area contributed by atoms with E-state index in [0.717, 1.165) is 21.9 Å². The number of nitrogens with one attached hydrogen (secondary N) is 2. The molecule has 3 aromatic rings. The lowest BCUT2D eigenvalue weighted by atomic mass is 10.2. The maximum absolute atomic E-state index is 11.8. The Morgan fingerprint density at radius 1 is 1.18 bits per heavy atom. The molecule has 2 N–H and O–H groups in total. The van der Waals surface area contributed by atoms with Crippen LogP contribution in [0.2, 0.25) is 0 Å². The number of aryl methyl sites for hydroxylation is 1. The average Bonchev–Trinajstić information content (AvgIpc) is 3.26. The molecule has 1 saturated heterocycles. The molecular formula is C19H16N4O4S. The first-order chi connectivity index (χ1) is 13.6. The van der Waals surface area contributed by atoms with Gasteiger partial charge in [-0.1, -0.05) is 0 Å². The number of imide groups is 1. The van der Waals surface area contributed by atoms with Gasteiger partial charge in [0, 0.05) is 16.8 Å². The van der Waals surface area contributed by atoms with Crippen LogP contribution in [0.15, 0.2) is 63.4 Å². The van der Waals surface area contributed by atoms with Crippen molar-refractivity contribution >= 4 is 23.7 Å². The standard InChI is InChI=1S/C19H16N4O4S/c1-11-8-12(6-7-20-11)9-26-13-2-4-14(5-3-13)28-18-16(21-10-27-18)15-17(24)23-19(25)22-15/h2-8,10,15H,9H2,1H3,(H2,22,23,24,25). The van der Waals surface area contributed by atoms with Crippen LogP contribution < -0.4 is 15.4 Å². The largest absolute Gasteiger partial charge is 0.489 e. The number of pyridine rings is 1. The van der Waals surface area contributed by atoms with Gasteiger partial charge in [-0.2, -0.15) is 0 Å². The predicted molar refractivity (Wildman–Crippen MR) is 99.8 cm³/mol. The van der Waals surface area contributed by atoms with E-state index in [-0.39, 0.29) is 0 Å². The van der Waals surface area contributed by atoms with Crippen molar-refractivity contribution in [2.45, 2.75) is 29.6 Å². The van der Waals surface area contributed by atoms with Crippen molar-refractivity contribution in [1.29, 1.82) is 0 Å². The molecule has 0 saturated carbocycles. The molecule has 3 heterocycles. The lowest BCUT2D eigenvalue weighted by molar-refractivity contribution is -0.120. The molecule has 3 amide bonds. The highest BCUT2D eigenvalue weighted by atomic mass is 32.2. The smallest absolute Gasteiger partial charge is 0.322 e. The molecule has 28 heavy (non-hydrogen) atoms. The van der Waals surface area contributed by atoms with Gasteiger partial charge in [-0.15, -0.1) is 0 Å². The van der Waals surface area contributed by atoms with Crippen molar-refractivity contribution < 1.29 is 18.7 Å². The van der Waals surface area contributed by atoms with Crippen LogP contribution in [-0.4, -0.2) is 21.9 Å². The van der Waals surface area contributed by atoms with Crippen LogP contribution in [0.3, 0.4) is 0 Å². The molecule has 1 fully saturated rings. The first-order valence-electron chi connectivity index (χ1n) is 8.45. The molecule has 1 aliphatic rings. The number of nitrogens with zero attached hydrogens (tertiary/aromatic N) is 2. The fourth-order valence-corrected chi connectivity index (χ4v) is 3.55. The Kier molecular flexibility index (Phi) is 4.98. The van der Waals surface area contributed by atoms with Crippen molar-refractivity contribution in [1.82, 2.24) is 20.6 Å². The van der Waals surface area contributed by atoms with Gasteiger partial charge in [-0.3, -0.25) is 15.1 Å². The summed E-state index contributed by atoms with van der Waals surface area (Å²) in [5.41, 5.74) is 2.37. The lowest BCUT2D eigenvalue weighted by Crippen LogP contribution is -2.22. The normalized spacial score (nSPS) is 16.0. The van der Waals surface area contributed by atoms with E-state index in [2.05, 4.69) is 20.6 Å². The van der Waals surface area contributed by atoms with Gasteiger partial charge in [-0.05, 0) is 60.6 Å². The number of hydrogen-bond acceptors (Lipinski definition) is 7. The van der Waals surface area contributed by atoms with Crippen LogP contribution in [-0.2, 0) is 11.4 Å². The molecule has 1 aromatic carbocycles. The van der Waals surface area contributed by atoms with E-state index in [1.165, 1.54) is 18.2 Å². The highest BCUT2D eigenvalue weighted by molar-refractivity contribution is 7.99. The molecule has 9 heteroatoms. The Morgan fingerprint density at radius 2 is 2.00 bits per heavy atom. The van der Waals surface area contributed by atoms with Crippen molar-refractivity contribution in [3.8, 4) is 5.75 Å². The Morgan fingerprint density at radius 3 is 2.71 bits per heavy atom. The highest BCUT2D eigenvalue weighted by Crippen LogP contribution is 2.34. The zero-order valence-electron chi connectivity index (χ0n) is 14.8. The van der Waals surface area contributed by atoms with E-state index in [4.69, 9.17) is 9.15 Å². The molecule has 8 nitrogen and oxygen atoms in total. The van der Waals surface area contributed by atoms with E-state index >= 15 is 0 Å². The number of benzene rings is 1. The Bertz CT molecular complexity index is 1020. The first kappa shape index (κ1) is 18.1. The van der Waals surface area contributed by atoms with Gasteiger partial charge >= 0.3 is 6.03 Å². The van der Waals surface area contributed by atoms with Gasteiger partial charge in [0.05, 0.1) is 0 Å². The second-order valence-electron chi connectivity index (χ2n) is 6.09. The van der Waals surface area contributed by atoms with E-state index < -0.39 is 18.0 Å². The van der Waals surface area contributed by atoms with Gasteiger partial charge in [0.25, 0.3) is 5.91 Å². The third-order valence-corrected chi connectivity index (χ3v) is 5.01. The number of aromatic nitrogens is 2. The summed E-state index contributed by atoms with van der Waals surface area (Å²) in [4.78, 5) is 32.3. The zero-order valence-corrected chi connectivity index (χ0v) is 15.7. The van der Waals surface area contributed by atoms with Gasteiger partial charge in [-0.25, -0.2) is 9.78 Å². The number of ether oxygens (including phenoxy) is 1. The van der Waals surface area contributed by atoms with Crippen LogP contribution in [0.25, 0.3) is 0 Å². The summed E-state index contributed by atoms with van der Waals surface area (Å²) in [7, 11) is 0. The first-order valence-corrected chi connectivity index (χ1v) is 9.27. The molecule has 2 aromatic heterocycles. The summed E-state index contributed by atoms with van der Waals surface area (Å²) in [5.74, 6) is 0.287. The maximum atomic E-state index is 11.8. The minimum Gasteiger partial charge on any atom is -0.489 e. The van der Waals surface area contributed by atoms with Crippen LogP contribution in [0.5, 0.6) is 5.75 Å². The van der Waals surface area contributed by atoms with E-state index in [0.29, 0.717) is 17.4 Å². The van der Waals surface area contributed by atoms with E-state index in [9.17, 15) is 9.59 Å². The summed E-state index contributed by atoms with van der Waals surface area (Å²) in [5, 5.41) is 5.15. The van der Waals surface area contributed by atoms with Crippen molar-refractivity contribution in [3.05, 3.63) is 65.9 Å². The number of oxazole rings is 1. The second kappa shape index (κ2) is 7.73. The molecule has 4 rings (SSSR count). The molecule has 0 aliphatic carbocycles. The van der Waals surface area contributed by atoms with Crippen molar-refractivity contribution in [2.24, 2.45) is 0 Å².